The normalized spacial score (nSPS) is 33.5. The summed E-state index contributed by atoms with van der Waals surface area (Å²) in [6.07, 6.45) is 4.68. The molecule has 2 heteroatoms. The average Bonchev–Trinajstić information content (AvgIpc) is 2.39. The van der Waals surface area contributed by atoms with Gasteiger partial charge in [0.1, 0.15) is 0 Å². The number of ketones is 1. The number of carbonyl (C=O) groups excluding carboxylic acids is 1. The molecule has 2 nitrogen and oxygen atoms in total. The molecule has 94 valence electrons. The van der Waals surface area contributed by atoms with Gasteiger partial charge in [-0.25, -0.2) is 0 Å². The minimum absolute atomic E-state index is 0.211. The van der Waals surface area contributed by atoms with Crippen molar-refractivity contribution in [3.8, 4) is 0 Å². The van der Waals surface area contributed by atoms with Crippen LogP contribution in [0.4, 0.5) is 0 Å². The summed E-state index contributed by atoms with van der Waals surface area (Å²) >= 11 is 0. The molecule has 1 aliphatic carbocycles. The molecule has 0 aromatic heterocycles. The van der Waals surface area contributed by atoms with Gasteiger partial charge in [0.15, 0.2) is 5.78 Å². The van der Waals surface area contributed by atoms with Crippen LogP contribution in [-0.4, -0.2) is 11.8 Å². The Morgan fingerprint density at radius 1 is 1.12 bits per heavy atom. The Balaban J connectivity index is 2.66. The van der Waals surface area contributed by atoms with Crippen LogP contribution in [0.3, 0.4) is 0 Å². The van der Waals surface area contributed by atoms with E-state index in [0.717, 1.165) is 12.3 Å². The molecule has 0 aromatic carbocycles. The van der Waals surface area contributed by atoms with Crippen LogP contribution in [0.25, 0.3) is 0 Å². The number of carbonyl (C=O) groups is 1. The molecule has 3 unspecified atom stereocenters. The zero-order valence-corrected chi connectivity index (χ0v) is 11.2. The first-order valence-corrected chi connectivity index (χ1v) is 6.72. The Labute approximate surface area is 100.0 Å². The molecule has 16 heavy (non-hydrogen) atoms. The molecule has 0 heterocycles. The van der Waals surface area contributed by atoms with Gasteiger partial charge in [0, 0.05) is 5.92 Å². The van der Waals surface area contributed by atoms with Crippen molar-refractivity contribution in [1.82, 2.24) is 0 Å². The van der Waals surface area contributed by atoms with Gasteiger partial charge in [0.25, 0.3) is 0 Å². The van der Waals surface area contributed by atoms with Crippen molar-refractivity contribution in [1.29, 1.82) is 0 Å². The summed E-state index contributed by atoms with van der Waals surface area (Å²) in [5.74, 6) is 2.07. The molecule has 1 rings (SSSR count). The van der Waals surface area contributed by atoms with Crippen LogP contribution in [0.2, 0.25) is 0 Å². The van der Waals surface area contributed by atoms with Gasteiger partial charge in [-0.2, -0.15) is 0 Å². The zero-order chi connectivity index (χ0) is 12.3. The van der Waals surface area contributed by atoms with Crippen molar-refractivity contribution < 1.29 is 4.79 Å². The average molecular weight is 225 g/mol. The van der Waals surface area contributed by atoms with E-state index in [1.54, 1.807) is 0 Å². The molecule has 2 N–H and O–H groups in total. The van der Waals surface area contributed by atoms with Gasteiger partial charge in [-0.1, -0.05) is 40.5 Å². The molecule has 0 radical (unpaired) electrons. The molecule has 0 aliphatic heterocycles. The fourth-order valence-corrected chi connectivity index (χ4v) is 2.64. The Kier molecular flexibility index (Phi) is 4.97. The lowest BCUT2D eigenvalue weighted by Gasteiger charge is -2.25. The van der Waals surface area contributed by atoms with Crippen LogP contribution >= 0.6 is 0 Å². The third kappa shape index (κ3) is 3.31. The number of hydrogen-bond donors (Lipinski definition) is 1. The molecule has 4 atom stereocenters. The van der Waals surface area contributed by atoms with Gasteiger partial charge < -0.3 is 5.73 Å². The minimum atomic E-state index is -0.263. The molecule has 1 saturated carbocycles. The Bertz CT molecular complexity index is 237. The smallest absolute Gasteiger partial charge is 0.153 e. The highest BCUT2D eigenvalue weighted by atomic mass is 16.1. The fraction of sp³-hybridized carbons (Fsp3) is 0.929. The summed E-state index contributed by atoms with van der Waals surface area (Å²) in [5, 5.41) is 0. The van der Waals surface area contributed by atoms with E-state index in [-0.39, 0.29) is 17.9 Å². The van der Waals surface area contributed by atoms with Crippen molar-refractivity contribution in [2.45, 2.75) is 59.4 Å². The third-order valence-electron chi connectivity index (χ3n) is 4.18. The highest BCUT2D eigenvalue weighted by molar-refractivity contribution is 5.86. The van der Waals surface area contributed by atoms with E-state index in [1.807, 2.05) is 13.8 Å². The van der Waals surface area contributed by atoms with Crippen LogP contribution in [0, 0.1) is 23.7 Å². The van der Waals surface area contributed by atoms with Crippen LogP contribution < -0.4 is 5.73 Å². The predicted octanol–water partition coefficient (Wildman–Crippen LogP) is 3.00. The second kappa shape index (κ2) is 5.81. The third-order valence-corrected chi connectivity index (χ3v) is 4.18. The van der Waals surface area contributed by atoms with Crippen LogP contribution in [0.1, 0.15) is 53.4 Å². The summed E-state index contributed by atoms with van der Waals surface area (Å²) in [7, 11) is 0. The predicted molar refractivity (Wildman–Crippen MR) is 68.1 cm³/mol. The van der Waals surface area contributed by atoms with Crippen molar-refractivity contribution in [3.05, 3.63) is 0 Å². The molecule has 1 aliphatic rings. The van der Waals surface area contributed by atoms with Crippen molar-refractivity contribution in [3.63, 3.8) is 0 Å². The summed E-state index contributed by atoms with van der Waals surface area (Å²) in [6, 6.07) is -0.263. The van der Waals surface area contributed by atoms with Gasteiger partial charge in [0.05, 0.1) is 6.04 Å². The first kappa shape index (κ1) is 13.7. The second-order valence-electron chi connectivity index (χ2n) is 6.02. The van der Waals surface area contributed by atoms with E-state index in [9.17, 15) is 4.79 Å². The maximum atomic E-state index is 12.3. The number of hydrogen-bond acceptors (Lipinski definition) is 2. The lowest BCUT2D eigenvalue weighted by molar-refractivity contribution is -0.126. The summed E-state index contributed by atoms with van der Waals surface area (Å²) < 4.78 is 0. The van der Waals surface area contributed by atoms with Crippen LogP contribution in [0.5, 0.6) is 0 Å². The van der Waals surface area contributed by atoms with E-state index in [0.29, 0.717) is 11.7 Å². The van der Waals surface area contributed by atoms with E-state index in [1.165, 1.54) is 19.3 Å². The summed E-state index contributed by atoms with van der Waals surface area (Å²) in [4.78, 5) is 12.3. The topological polar surface area (TPSA) is 43.1 Å². The lowest BCUT2D eigenvalue weighted by Crippen LogP contribution is -2.41. The SMILES string of the molecule is CC1CCC(C)C(C(=O)[C@@H](N)C(C)C)CC1. The number of rotatable bonds is 3. The summed E-state index contributed by atoms with van der Waals surface area (Å²) in [5.41, 5.74) is 5.99. The van der Waals surface area contributed by atoms with E-state index in [2.05, 4.69) is 13.8 Å². The quantitative estimate of drug-likeness (QED) is 0.750. The Morgan fingerprint density at radius 3 is 2.25 bits per heavy atom. The molecular formula is C14H27NO. The zero-order valence-electron chi connectivity index (χ0n) is 11.2. The van der Waals surface area contributed by atoms with Gasteiger partial charge in [-0.05, 0) is 30.6 Å². The first-order chi connectivity index (χ1) is 7.43. The molecule has 0 bridgehead atoms. The molecule has 0 amide bonds. The number of nitrogens with two attached hydrogens (primary N) is 1. The van der Waals surface area contributed by atoms with Crippen LogP contribution in [-0.2, 0) is 4.79 Å². The Hall–Kier alpha value is -0.370. The van der Waals surface area contributed by atoms with Crippen LogP contribution in [0.15, 0.2) is 0 Å². The van der Waals surface area contributed by atoms with Gasteiger partial charge >= 0.3 is 0 Å². The molecule has 1 fully saturated rings. The van der Waals surface area contributed by atoms with Crippen molar-refractivity contribution >= 4 is 5.78 Å². The second-order valence-corrected chi connectivity index (χ2v) is 6.02. The lowest BCUT2D eigenvalue weighted by atomic mass is 9.81. The van der Waals surface area contributed by atoms with E-state index in [4.69, 9.17) is 5.73 Å². The maximum Gasteiger partial charge on any atom is 0.153 e. The summed E-state index contributed by atoms with van der Waals surface area (Å²) in [6.45, 7) is 8.58. The Morgan fingerprint density at radius 2 is 1.69 bits per heavy atom. The molecule has 0 aromatic rings. The largest absolute Gasteiger partial charge is 0.321 e. The first-order valence-electron chi connectivity index (χ1n) is 6.72. The fourth-order valence-electron chi connectivity index (χ4n) is 2.64. The highest BCUT2D eigenvalue weighted by Crippen LogP contribution is 2.32. The van der Waals surface area contributed by atoms with Crippen molar-refractivity contribution in [2.75, 3.05) is 0 Å². The molecular weight excluding hydrogens is 198 g/mol. The van der Waals surface area contributed by atoms with Gasteiger partial charge in [0.2, 0.25) is 0 Å². The molecule has 0 spiro atoms. The van der Waals surface area contributed by atoms with Crippen molar-refractivity contribution in [2.24, 2.45) is 29.4 Å². The van der Waals surface area contributed by atoms with E-state index >= 15 is 0 Å². The monoisotopic (exact) mass is 225 g/mol. The maximum absolute atomic E-state index is 12.3. The minimum Gasteiger partial charge on any atom is -0.321 e. The standard InChI is InChI=1S/C14H27NO/c1-9(2)13(15)14(16)12-8-6-10(3)5-7-11(12)4/h9-13H,5-8,15H2,1-4H3/t10?,11?,12?,13-/m0/s1. The van der Waals surface area contributed by atoms with Gasteiger partial charge in [-0.15, -0.1) is 0 Å². The molecule has 0 saturated heterocycles. The highest BCUT2D eigenvalue weighted by Gasteiger charge is 2.32. The van der Waals surface area contributed by atoms with Gasteiger partial charge in [-0.3, -0.25) is 4.79 Å². The van der Waals surface area contributed by atoms with E-state index < -0.39 is 0 Å². The number of Topliss-reactive ketones (excluding diaryl/α,β-unsaturated/α-hetero) is 1.